The second-order valence-electron chi connectivity index (χ2n) is 3.29. The number of nitrogens with two attached hydrogens (primary N) is 1. The van der Waals surface area contributed by atoms with Gasteiger partial charge in [-0.2, -0.15) is 0 Å². The second-order valence-corrected chi connectivity index (χ2v) is 3.29. The van der Waals surface area contributed by atoms with Crippen LogP contribution in [0.25, 0.3) is 0 Å². The number of aromatic nitrogens is 1. The van der Waals surface area contributed by atoms with E-state index in [-0.39, 0.29) is 18.6 Å². The van der Waals surface area contributed by atoms with Gasteiger partial charge in [0, 0.05) is 18.4 Å². The van der Waals surface area contributed by atoms with E-state index in [9.17, 15) is 4.79 Å². The molecule has 0 radical (unpaired) electrons. The minimum absolute atomic E-state index is 0.0735. The quantitative estimate of drug-likeness (QED) is 0.724. The van der Waals surface area contributed by atoms with E-state index in [1.54, 1.807) is 29.4 Å². The van der Waals surface area contributed by atoms with Gasteiger partial charge in [-0.1, -0.05) is 0 Å². The maximum absolute atomic E-state index is 11.8. The first-order valence-electron chi connectivity index (χ1n) is 4.58. The molecule has 0 atom stereocenters. The van der Waals surface area contributed by atoms with Crippen LogP contribution < -0.4 is 5.73 Å². The van der Waals surface area contributed by atoms with Crippen molar-refractivity contribution >= 4 is 5.91 Å². The van der Waals surface area contributed by atoms with E-state index in [2.05, 4.69) is 4.98 Å². The number of amides is 1. The van der Waals surface area contributed by atoms with Gasteiger partial charge in [-0.3, -0.25) is 9.78 Å². The Labute approximate surface area is 83.7 Å². The van der Waals surface area contributed by atoms with Crippen LogP contribution in [-0.4, -0.2) is 28.5 Å². The molecule has 0 spiro atoms. The van der Waals surface area contributed by atoms with Crippen molar-refractivity contribution in [3.05, 3.63) is 30.1 Å². The van der Waals surface area contributed by atoms with Crippen LogP contribution in [0, 0.1) is 0 Å². The normalized spacial score (nSPS) is 10.3. The molecule has 14 heavy (non-hydrogen) atoms. The third kappa shape index (κ3) is 2.29. The number of nitrogens with zero attached hydrogens (tertiary/aromatic N) is 2. The topological polar surface area (TPSA) is 59.2 Å². The molecule has 0 saturated carbocycles. The smallest absolute Gasteiger partial charge is 0.256 e. The monoisotopic (exact) mass is 193 g/mol. The number of hydrogen-bond acceptors (Lipinski definition) is 3. The van der Waals surface area contributed by atoms with Crippen molar-refractivity contribution in [1.29, 1.82) is 0 Å². The third-order valence-electron chi connectivity index (χ3n) is 1.99. The highest BCUT2D eigenvalue weighted by Crippen LogP contribution is 2.05. The summed E-state index contributed by atoms with van der Waals surface area (Å²) in [6, 6.07) is 3.58. The predicted octanol–water partition coefficient (Wildman–Crippen LogP) is 0.848. The summed E-state index contributed by atoms with van der Waals surface area (Å²) in [5.74, 6) is -0.0735. The zero-order valence-electron chi connectivity index (χ0n) is 8.47. The number of pyridine rings is 1. The Hall–Kier alpha value is -1.42. The summed E-state index contributed by atoms with van der Waals surface area (Å²) >= 11 is 0. The molecule has 0 aromatic carbocycles. The number of hydrogen-bond donors (Lipinski definition) is 1. The largest absolute Gasteiger partial charge is 0.324 e. The minimum Gasteiger partial charge on any atom is -0.324 e. The summed E-state index contributed by atoms with van der Waals surface area (Å²) in [5.41, 5.74) is 6.07. The van der Waals surface area contributed by atoms with E-state index in [0.717, 1.165) is 0 Å². The van der Waals surface area contributed by atoms with Crippen LogP contribution in [0.5, 0.6) is 0 Å². The number of rotatable bonds is 3. The lowest BCUT2D eigenvalue weighted by atomic mass is 10.2. The van der Waals surface area contributed by atoms with Crippen LogP contribution in [0.15, 0.2) is 24.5 Å². The van der Waals surface area contributed by atoms with Crippen molar-refractivity contribution in [2.24, 2.45) is 5.73 Å². The molecule has 0 aliphatic carbocycles. The van der Waals surface area contributed by atoms with Crippen molar-refractivity contribution in [3.8, 4) is 0 Å². The average molecular weight is 193 g/mol. The van der Waals surface area contributed by atoms with E-state index in [4.69, 9.17) is 5.73 Å². The Morgan fingerprint density at radius 2 is 2.36 bits per heavy atom. The zero-order valence-corrected chi connectivity index (χ0v) is 8.47. The van der Waals surface area contributed by atoms with E-state index >= 15 is 0 Å². The van der Waals surface area contributed by atoms with Crippen molar-refractivity contribution in [2.45, 2.75) is 19.9 Å². The average Bonchev–Trinajstić information content (AvgIpc) is 2.19. The molecule has 0 unspecified atom stereocenters. The summed E-state index contributed by atoms with van der Waals surface area (Å²) in [7, 11) is 0. The van der Waals surface area contributed by atoms with Crippen LogP contribution >= 0.6 is 0 Å². The summed E-state index contributed by atoms with van der Waals surface area (Å²) in [4.78, 5) is 17.3. The highest BCUT2D eigenvalue weighted by atomic mass is 16.2. The van der Waals surface area contributed by atoms with E-state index in [0.29, 0.717) is 5.56 Å². The molecule has 4 nitrogen and oxygen atoms in total. The van der Waals surface area contributed by atoms with Crippen LogP contribution in [0.4, 0.5) is 0 Å². The van der Waals surface area contributed by atoms with Gasteiger partial charge in [0.1, 0.15) is 0 Å². The highest BCUT2D eigenvalue weighted by molar-refractivity contribution is 5.94. The molecule has 1 rings (SSSR count). The molecule has 0 fully saturated rings. The van der Waals surface area contributed by atoms with Gasteiger partial charge >= 0.3 is 0 Å². The molecule has 1 heterocycles. The molecular formula is C10H15N3O. The fourth-order valence-electron chi connectivity index (χ4n) is 1.18. The Kier molecular flexibility index (Phi) is 3.59. The van der Waals surface area contributed by atoms with Gasteiger partial charge < -0.3 is 10.6 Å². The van der Waals surface area contributed by atoms with Gasteiger partial charge in [-0.15, -0.1) is 0 Å². The van der Waals surface area contributed by atoms with Crippen LogP contribution in [-0.2, 0) is 0 Å². The van der Waals surface area contributed by atoms with E-state index < -0.39 is 0 Å². The van der Waals surface area contributed by atoms with Crippen molar-refractivity contribution in [3.63, 3.8) is 0 Å². The van der Waals surface area contributed by atoms with E-state index in [1.165, 1.54) is 0 Å². The number of carbonyl (C=O) groups excluding carboxylic acids is 1. The molecule has 0 aliphatic heterocycles. The molecular weight excluding hydrogens is 178 g/mol. The van der Waals surface area contributed by atoms with Crippen LogP contribution in [0.1, 0.15) is 24.2 Å². The van der Waals surface area contributed by atoms with Crippen LogP contribution in [0.3, 0.4) is 0 Å². The lowest BCUT2D eigenvalue weighted by Crippen LogP contribution is -2.41. The molecule has 1 aromatic rings. The Bertz CT molecular complexity index is 297. The van der Waals surface area contributed by atoms with Gasteiger partial charge in [-0.25, -0.2) is 0 Å². The first-order valence-corrected chi connectivity index (χ1v) is 4.58. The van der Waals surface area contributed by atoms with Gasteiger partial charge in [0.2, 0.25) is 0 Å². The predicted molar refractivity (Wildman–Crippen MR) is 54.6 cm³/mol. The maximum atomic E-state index is 11.8. The summed E-state index contributed by atoms with van der Waals surface area (Å²) in [6.45, 7) is 4.09. The maximum Gasteiger partial charge on any atom is 0.256 e. The first-order chi connectivity index (χ1) is 6.66. The standard InChI is InChI=1S/C10H15N3O/c1-8(2)13(7-11)10(14)9-4-3-5-12-6-9/h3-6,8H,7,11H2,1-2H3. The first kappa shape index (κ1) is 10.7. The molecule has 1 aromatic heterocycles. The van der Waals surface area contributed by atoms with Gasteiger partial charge in [-0.05, 0) is 26.0 Å². The molecule has 2 N–H and O–H groups in total. The third-order valence-corrected chi connectivity index (χ3v) is 1.99. The molecule has 0 bridgehead atoms. The van der Waals surface area contributed by atoms with Crippen molar-refractivity contribution < 1.29 is 4.79 Å². The summed E-state index contributed by atoms with van der Waals surface area (Å²) in [5, 5.41) is 0. The Balaban J connectivity index is 2.84. The van der Waals surface area contributed by atoms with Gasteiger partial charge in [0.25, 0.3) is 5.91 Å². The second kappa shape index (κ2) is 4.72. The molecule has 1 amide bonds. The SMILES string of the molecule is CC(C)N(CN)C(=O)c1cccnc1. The fraction of sp³-hybridized carbons (Fsp3) is 0.400. The lowest BCUT2D eigenvalue weighted by molar-refractivity contribution is 0.0711. The summed E-state index contributed by atoms with van der Waals surface area (Å²) in [6.07, 6.45) is 3.19. The van der Waals surface area contributed by atoms with Crippen molar-refractivity contribution in [1.82, 2.24) is 9.88 Å². The zero-order chi connectivity index (χ0) is 10.6. The van der Waals surface area contributed by atoms with Crippen LogP contribution in [0.2, 0.25) is 0 Å². The molecule has 4 heteroatoms. The van der Waals surface area contributed by atoms with Crippen molar-refractivity contribution in [2.75, 3.05) is 6.67 Å². The Morgan fingerprint density at radius 1 is 1.64 bits per heavy atom. The van der Waals surface area contributed by atoms with Gasteiger partial charge in [0.15, 0.2) is 0 Å². The summed E-state index contributed by atoms with van der Waals surface area (Å²) < 4.78 is 0. The molecule has 0 aliphatic rings. The Morgan fingerprint density at radius 3 is 2.79 bits per heavy atom. The molecule has 76 valence electrons. The minimum atomic E-state index is -0.0735. The lowest BCUT2D eigenvalue weighted by Gasteiger charge is -2.24. The number of carbonyl (C=O) groups is 1. The highest BCUT2D eigenvalue weighted by Gasteiger charge is 2.16. The fourth-order valence-corrected chi connectivity index (χ4v) is 1.18. The van der Waals surface area contributed by atoms with E-state index in [1.807, 2.05) is 13.8 Å². The molecule has 0 saturated heterocycles. The van der Waals surface area contributed by atoms with Gasteiger partial charge in [0.05, 0.1) is 12.2 Å².